The van der Waals surface area contributed by atoms with Gasteiger partial charge in [-0.05, 0) is 66.9 Å². The lowest BCUT2D eigenvalue weighted by Gasteiger charge is -2.28. The molecule has 2 aromatic carbocycles. The quantitative estimate of drug-likeness (QED) is 0.446. The molecule has 3 aromatic rings. The first kappa shape index (κ1) is 25.6. The molecule has 4 rings (SSSR count). The van der Waals surface area contributed by atoms with Gasteiger partial charge in [-0.2, -0.15) is 5.26 Å². The van der Waals surface area contributed by atoms with Gasteiger partial charge in [-0.15, -0.1) is 0 Å². The Labute approximate surface area is 216 Å². The van der Waals surface area contributed by atoms with Crippen molar-refractivity contribution >= 4 is 17.6 Å². The summed E-state index contributed by atoms with van der Waals surface area (Å²) in [6.45, 7) is 6.86. The molecule has 0 saturated heterocycles. The molecule has 0 unspecified atom stereocenters. The zero-order chi connectivity index (χ0) is 26.4. The van der Waals surface area contributed by atoms with Gasteiger partial charge in [-0.1, -0.05) is 19.9 Å². The number of hydrogen-bond acceptors (Lipinski definition) is 6. The van der Waals surface area contributed by atoms with Gasteiger partial charge >= 0.3 is 6.03 Å². The molecule has 192 valence electrons. The number of nitriles is 1. The van der Waals surface area contributed by atoms with Crippen molar-refractivity contribution in [1.82, 2.24) is 9.80 Å². The molecule has 1 aliphatic heterocycles. The molecule has 0 atom stereocenters. The van der Waals surface area contributed by atoms with Crippen LogP contribution in [0.5, 0.6) is 11.5 Å². The Morgan fingerprint density at radius 2 is 1.76 bits per heavy atom. The Morgan fingerprint density at radius 1 is 1.00 bits per heavy atom. The van der Waals surface area contributed by atoms with Crippen molar-refractivity contribution < 1.29 is 23.5 Å². The van der Waals surface area contributed by atoms with Gasteiger partial charge in [-0.25, -0.2) is 4.79 Å². The van der Waals surface area contributed by atoms with Gasteiger partial charge in [0.25, 0.3) is 0 Å². The van der Waals surface area contributed by atoms with Crippen molar-refractivity contribution in [2.45, 2.75) is 33.9 Å². The normalized spacial score (nSPS) is 11.8. The summed E-state index contributed by atoms with van der Waals surface area (Å²) in [6.07, 6.45) is 0. The minimum atomic E-state index is -0.386. The summed E-state index contributed by atoms with van der Waals surface area (Å²) in [6, 6.07) is 17.5. The highest BCUT2D eigenvalue weighted by molar-refractivity contribution is 5.92. The molecule has 0 bridgehead atoms. The number of carbonyl (C=O) groups is 2. The minimum absolute atomic E-state index is 0.107. The van der Waals surface area contributed by atoms with E-state index in [0.29, 0.717) is 41.6 Å². The number of urea groups is 1. The van der Waals surface area contributed by atoms with Gasteiger partial charge < -0.3 is 29.0 Å². The third-order valence-corrected chi connectivity index (χ3v) is 5.77. The fraction of sp³-hybridized carbons (Fsp3) is 0.321. The van der Waals surface area contributed by atoms with Crippen LogP contribution in [0.15, 0.2) is 59.0 Å². The van der Waals surface area contributed by atoms with Crippen LogP contribution in [0.4, 0.5) is 10.5 Å². The monoisotopic (exact) mass is 502 g/mol. The average Bonchev–Trinajstić information content (AvgIpc) is 3.51. The Kier molecular flexibility index (Phi) is 7.98. The summed E-state index contributed by atoms with van der Waals surface area (Å²) in [7, 11) is 0. The molecule has 9 heteroatoms. The minimum Gasteiger partial charge on any atom is -0.464 e. The van der Waals surface area contributed by atoms with E-state index >= 15 is 0 Å². The Balaban J connectivity index is 1.51. The number of nitrogens with zero attached hydrogens (tertiary/aromatic N) is 3. The maximum atomic E-state index is 13.6. The van der Waals surface area contributed by atoms with Crippen molar-refractivity contribution in [3.05, 3.63) is 77.2 Å². The topological polar surface area (TPSA) is 108 Å². The number of carbonyl (C=O) groups excluding carboxylic acids is 2. The fourth-order valence-corrected chi connectivity index (χ4v) is 4.00. The first-order chi connectivity index (χ1) is 17.8. The summed E-state index contributed by atoms with van der Waals surface area (Å²) in [5.41, 5.74) is 1.92. The zero-order valence-electron chi connectivity index (χ0n) is 21.2. The second-order valence-electron chi connectivity index (χ2n) is 9.34. The van der Waals surface area contributed by atoms with Crippen molar-refractivity contribution in [2.24, 2.45) is 5.92 Å². The van der Waals surface area contributed by atoms with Crippen LogP contribution in [0.1, 0.15) is 36.5 Å². The standard InChI is InChI=1S/C28H30N4O5/c1-19(2)14-32(28(34)30-23-8-5-21(13-29)6-9-23)17-27(33)31(16-24-10-4-20(3)37-24)15-22-7-11-25-26(12-22)36-18-35-25/h4-12,19H,14-18H2,1-3H3,(H,30,34). The van der Waals surface area contributed by atoms with Gasteiger partial charge in [0.15, 0.2) is 11.5 Å². The van der Waals surface area contributed by atoms with Gasteiger partial charge in [-0.3, -0.25) is 4.79 Å². The Morgan fingerprint density at radius 3 is 2.43 bits per heavy atom. The molecule has 3 amide bonds. The lowest BCUT2D eigenvalue weighted by atomic mass is 10.1. The van der Waals surface area contributed by atoms with Crippen LogP contribution in [0.3, 0.4) is 0 Å². The number of amides is 3. The van der Waals surface area contributed by atoms with Gasteiger partial charge in [0.2, 0.25) is 12.7 Å². The van der Waals surface area contributed by atoms with E-state index in [2.05, 4.69) is 11.4 Å². The number of anilines is 1. The highest BCUT2D eigenvalue weighted by Gasteiger charge is 2.24. The molecule has 0 radical (unpaired) electrons. The van der Waals surface area contributed by atoms with E-state index in [1.54, 1.807) is 29.2 Å². The summed E-state index contributed by atoms with van der Waals surface area (Å²) < 4.78 is 16.6. The predicted molar refractivity (Wildman–Crippen MR) is 137 cm³/mol. The molecular formula is C28H30N4O5. The number of benzene rings is 2. The summed E-state index contributed by atoms with van der Waals surface area (Å²) >= 11 is 0. The maximum absolute atomic E-state index is 13.6. The van der Waals surface area contributed by atoms with Crippen LogP contribution in [-0.2, 0) is 17.9 Å². The van der Waals surface area contributed by atoms with E-state index in [9.17, 15) is 9.59 Å². The average molecular weight is 503 g/mol. The molecule has 1 aliphatic rings. The van der Waals surface area contributed by atoms with Gasteiger partial charge in [0.1, 0.15) is 18.1 Å². The third-order valence-electron chi connectivity index (χ3n) is 5.77. The molecule has 9 nitrogen and oxygen atoms in total. The number of hydrogen-bond donors (Lipinski definition) is 1. The number of ether oxygens (including phenoxy) is 2. The highest BCUT2D eigenvalue weighted by Crippen LogP contribution is 2.33. The highest BCUT2D eigenvalue weighted by atomic mass is 16.7. The van der Waals surface area contributed by atoms with Crippen LogP contribution < -0.4 is 14.8 Å². The summed E-state index contributed by atoms with van der Waals surface area (Å²) in [5, 5.41) is 11.8. The predicted octanol–water partition coefficient (Wildman–Crippen LogP) is 4.91. The summed E-state index contributed by atoms with van der Waals surface area (Å²) in [4.78, 5) is 29.9. The molecule has 2 heterocycles. The molecule has 37 heavy (non-hydrogen) atoms. The van der Waals surface area contributed by atoms with Gasteiger partial charge in [0.05, 0.1) is 18.2 Å². The number of nitrogens with one attached hydrogen (secondary N) is 1. The molecule has 0 saturated carbocycles. The van der Waals surface area contributed by atoms with E-state index in [1.807, 2.05) is 51.1 Å². The Bertz CT molecular complexity index is 1290. The second-order valence-corrected chi connectivity index (χ2v) is 9.34. The largest absolute Gasteiger partial charge is 0.464 e. The lowest BCUT2D eigenvalue weighted by molar-refractivity contribution is -0.133. The molecular weight excluding hydrogens is 472 g/mol. The van der Waals surface area contributed by atoms with Gasteiger partial charge in [0, 0.05) is 18.8 Å². The number of furan rings is 1. The SMILES string of the molecule is Cc1ccc(CN(Cc2ccc3c(c2)OCO3)C(=O)CN(CC(C)C)C(=O)Nc2ccc(C#N)cc2)o1. The third kappa shape index (κ3) is 6.82. The number of fused-ring (bicyclic) bond motifs is 1. The van der Waals surface area contributed by atoms with E-state index in [4.69, 9.17) is 19.2 Å². The lowest BCUT2D eigenvalue weighted by Crippen LogP contribution is -2.45. The van der Waals surface area contributed by atoms with Crippen LogP contribution >= 0.6 is 0 Å². The number of rotatable bonds is 9. The van der Waals surface area contributed by atoms with E-state index in [0.717, 1.165) is 11.3 Å². The molecule has 0 aliphatic carbocycles. The fourth-order valence-electron chi connectivity index (χ4n) is 4.00. The van der Waals surface area contributed by atoms with Crippen LogP contribution in [-0.4, -0.2) is 41.6 Å². The number of aryl methyl sites for hydroxylation is 1. The Hall–Kier alpha value is -4.45. The molecule has 0 spiro atoms. The second kappa shape index (κ2) is 11.5. The maximum Gasteiger partial charge on any atom is 0.322 e. The van der Waals surface area contributed by atoms with Crippen LogP contribution in [0.2, 0.25) is 0 Å². The van der Waals surface area contributed by atoms with Crippen molar-refractivity contribution in [2.75, 3.05) is 25.2 Å². The van der Waals surface area contributed by atoms with Crippen LogP contribution in [0, 0.1) is 24.2 Å². The molecule has 1 aromatic heterocycles. The van der Waals surface area contributed by atoms with Crippen molar-refractivity contribution in [1.29, 1.82) is 5.26 Å². The zero-order valence-corrected chi connectivity index (χ0v) is 21.2. The summed E-state index contributed by atoms with van der Waals surface area (Å²) in [5.74, 6) is 2.66. The smallest absolute Gasteiger partial charge is 0.322 e. The first-order valence-electron chi connectivity index (χ1n) is 12.1. The van der Waals surface area contributed by atoms with E-state index in [1.165, 1.54) is 4.90 Å². The molecule has 1 N–H and O–H groups in total. The molecule has 0 fully saturated rings. The van der Waals surface area contributed by atoms with Crippen molar-refractivity contribution in [3.63, 3.8) is 0 Å². The van der Waals surface area contributed by atoms with Crippen LogP contribution in [0.25, 0.3) is 0 Å². The first-order valence-corrected chi connectivity index (χ1v) is 12.1. The van der Waals surface area contributed by atoms with E-state index < -0.39 is 0 Å². The van der Waals surface area contributed by atoms with E-state index in [-0.39, 0.29) is 37.7 Å². The van der Waals surface area contributed by atoms with Crippen molar-refractivity contribution in [3.8, 4) is 17.6 Å².